The van der Waals surface area contributed by atoms with Gasteiger partial charge in [0.2, 0.25) is 0 Å². The summed E-state index contributed by atoms with van der Waals surface area (Å²) in [5.74, 6) is 0.696. The fraction of sp³-hybridized carbons (Fsp3) is 0.385. The molecule has 2 aromatic carbocycles. The van der Waals surface area contributed by atoms with Crippen molar-refractivity contribution in [2.45, 2.75) is 25.3 Å². The van der Waals surface area contributed by atoms with Crippen LogP contribution in [0.3, 0.4) is 0 Å². The summed E-state index contributed by atoms with van der Waals surface area (Å²) in [4.78, 5) is 20.8. The molecule has 5 rings (SSSR count). The molecule has 0 spiro atoms. The Labute approximate surface area is 188 Å². The number of nitrogens with zero attached hydrogens (tertiary/aromatic N) is 3. The zero-order valence-corrected chi connectivity index (χ0v) is 18.3. The Morgan fingerprint density at radius 1 is 1.00 bits per heavy atom. The number of piperidine rings is 1. The molecule has 0 aliphatic carbocycles. The van der Waals surface area contributed by atoms with Gasteiger partial charge in [0, 0.05) is 43.6 Å². The molecular formula is C26H29N5O. The van der Waals surface area contributed by atoms with Gasteiger partial charge in [0.1, 0.15) is 5.69 Å². The van der Waals surface area contributed by atoms with Crippen LogP contribution in [0.5, 0.6) is 0 Å². The van der Waals surface area contributed by atoms with Crippen LogP contribution in [-0.2, 0) is 6.54 Å². The lowest BCUT2D eigenvalue weighted by Gasteiger charge is -2.34. The van der Waals surface area contributed by atoms with Gasteiger partial charge in [-0.2, -0.15) is 5.26 Å². The number of aromatic nitrogens is 1. The Hall–Kier alpha value is -3.14. The molecule has 6 nitrogen and oxygen atoms in total. The average molecular weight is 428 g/mol. The second kappa shape index (κ2) is 9.15. The highest BCUT2D eigenvalue weighted by molar-refractivity contribution is 5.98. The fourth-order valence-electron chi connectivity index (χ4n) is 4.90. The van der Waals surface area contributed by atoms with Crippen LogP contribution in [0.4, 0.5) is 0 Å². The van der Waals surface area contributed by atoms with Gasteiger partial charge >= 0.3 is 0 Å². The third-order valence-electron chi connectivity index (χ3n) is 6.83. The number of carbonyl (C=O) groups is 1. The van der Waals surface area contributed by atoms with Gasteiger partial charge in [-0.25, -0.2) is 0 Å². The molecule has 2 fully saturated rings. The third-order valence-corrected chi connectivity index (χ3v) is 6.83. The third kappa shape index (κ3) is 4.40. The molecule has 2 saturated heterocycles. The Bertz CT molecular complexity index is 1130. The largest absolute Gasteiger partial charge is 0.351 e. The van der Waals surface area contributed by atoms with Gasteiger partial charge in [-0.05, 0) is 73.3 Å². The van der Waals surface area contributed by atoms with Gasteiger partial charge in [0.05, 0.1) is 11.6 Å². The number of piperazine rings is 1. The molecule has 0 unspecified atom stereocenters. The molecule has 2 aliphatic heterocycles. The number of benzene rings is 2. The number of amides is 1. The summed E-state index contributed by atoms with van der Waals surface area (Å²) in [5.41, 5.74) is 4.98. The summed E-state index contributed by atoms with van der Waals surface area (Å²) in [5, 5.41) is 13.5. The molecule has 6 heteroatoms. The summed E-state index contributed by atoms with van der Waals surface area (Å²) < 4.78 is 0. The van der Waals surface area contributed by atoms with E-state index in [1.807, 2.05) is 35.2 Å². The number of hydrogen-bond acceptors (Lipinski definition) is 4. The predicted molar refractivity (Wildman–Crippen MR) is 125 cm³/mol. The van der Waals surface area contributed by atoms with E-state index in [2.05, 4.69) is 39.5 Å². The van der Waals surface area contributed by atoms with Crippen molar-refractivity contribution < 1.29 is 4.79 Å². The Morgan fingerprint density at radius 2 is 1.75 bits per heavy atom. The van der Waals surface area contributed by atoms with E-state index in [0.717, 1.165) is 56.7 Å². The maximum Gasteiger partial charge on any atom is 0.270 e. The maximum atomic E-state index is 13.1. The van der Waals surface area contributed by atoms with E-state index >= 15 is 0 Å². The van der Waals surface area contributed by atoms with Crippen molar-refractivity contribution in [1.29, 1.82) is 5.26 Å². The first-order valence-electron chi connectivity index (χ1n) is 11.5. The zero-order valence-electron chi connectivity index (χ0n) is 18.3. The van der Waals surface area contributed by atoms with E-state index in [0.29, 0.717) is 17.2 Å². The van der Waals surface area contributed by atoms with Crippen LogP contribution in [0, 0.1) is 11.3 Å². The van der Waals surface area contributed by atoms with Crippen LogP contribution >= 0.6 is 0 Å². The molecule has 0 radical (unpaired) electrons. The molecule has 164 valence electrons. The normalized spacial score (nSPS) is 18.0. The minimum Gasteiger partial charge on any atom is -0.351 e. The average Bonchev–Trinajstić information content (AvgIpc) is 3.29. The number of aromatic amines is 1. The minimum absolute atomic E-state index is 0.0858. The van der Waals surface area contributed by atoms with E-state index in [1.165, 1.54) is 24.0 Å². The van der Waals surface area contributed by atoms with Gasteiger partial charge in [-0.15, -0.1) is 0 Å². The predicted octanol–water partition coefficient (Wildman–Crippen LogP) is 3.46. The first kappa shape index (κ1) is 20.7. The molecule has 3 heterocycles. The van der Waals surface area contributed by atoms with Crippen LogP contribution in [0.15, 0.2) is 48.5 Å². The van der Waals surface area contributed by atoms with Crippen molar-refractivity contribution >= 4 is 16.8 Å². The van der Waals surface area contributed by atoms with E-state index in [1.54, 1.807) is 0 Å². The smallest absolute Gasteiger partial charge is 0.270 e. The summed E-state index contributed by atoms with van der Waals surface area (Å²) in [7, 11) is 0. The number of fused-ring (bicyclic) bond motifs is 1. The van der Waals surface area contributed by atoms with Crippen molar-refractivity contribution in [2.75, 3.05) is 39.3 Å². The van der Waals surface area contributed by atoms with Gasteiger partial charge in [0.25, 0.3) is 5.91 Å². The Balaban J connectivity index is 1.21. The van der Waals surface area contributed by atoms with Crippen LogP contribution in [0.1, 0.15) is 45.9 Å². The van der Waals surface area contributed by atoms with Crippen molar-refractivity contribution in [2.24, 2.45) is 0 Å². The first-order chi connectivity index (χ1) is 15.7. The summed E-state index contributed by atoms with van der Waals surface area (Å²) >= 11 is 0. The number of carbonyl (C=O) groups excluding carboxylic acids is 1. The summed E-state index contributed by atoms with van der Waals surface area (Å²) in [6.07, 6.45) is 2.35. The number of H-pyrrole nitrogens is 1. The standard InChI is InChI=1S/C26H29N5O/c27-17-19-1-3-20(4-2-19)18-30-11-13-31(14-12-30)26(32)25-16-23-15-22(5-6-24(23)29-25)21-7-9-28-10-8-21/h1-6,15-16,21,28-29H,7-14,18H2. The topological polar surface area (TPSA) is 75.2 Å². The maximum absolute atomic E-state index is 13.1. The number of rotatable bonds is 4. The highest BCUT2D eigenvalue weighted by atomic mass is 16.2. The molecule has 32 heavy (non-hydrogen) atoms. The lowest BCUT2D eigenvalue weighted by atomic mass is 9.90. The van der Waals surface area contributed by atoms with Crippen LogP contribution in [-0.4, -0.2) is 60.0 Å². The lowest BCUT2D eigenvalue weighted by Crippen LogP contribution is -2.48. The van der Waals surface area contributed by atoms with Gasteiger partial charge < -0.3 is 15.2 Å². The van der Waals surface area contributed by atoms with Crippen molar-refractivity contribution in [3.63, 3.8) is 0 Å². The molecule has 0 saturated carbocycles. The van der Waals surface area contributed by atoms with E-state index in [-0.39, 0.29) is 5.91 Å². The zero-order chi connectivity index (χ0) is 21.9. The highest BCUT2D eigenvalue weighted by Gasteiger charge is 2.24. The van der Waals surface area contributed by atoms with Crippen LogP contribution in [0.25, 0.3) is 10.9 Å². The SMILES string of the molecule is N#Cc1ccc(CN2CCN(C(=O)c3cc4cc(C5CCNCC5)ccc4[nH]3)CC2)cc1. The monoisotopic (exact) mass is 427 g/mol. The fourth-order valence-corrected chi connectivity index (χ4v) is 4.90. The van der Waals surface area contributed by atoms with E-state index < -0.39 is 0 Å². The molecule has 1 aromatic heterocycles. The molecule has 3 aromatic rings. The Kier molecular flexibility index (Phi) is 5.93. The minimum atomic E-state index is 0.0858. The first-order valence-corrected chi connectivity index (χ1v) is 11.5. The van der Waals surface area contributed by atoms with Crippen LogP contribution in [0.2, 0.25) is 0 Å². The highest BCUT2D eigenvalue weighted by Crippen LogP contribution is 2.28. The lowest BCUT2D eigenvalue weighted by molar-refractivity contribution is 0.0623. The van der Waals surface area contributed by atoms with Gasteiger partial charge in [-0.3, -0.25) is 9.69 Å². The number of hydrogen-bond donors (Lipinski definition) is 2. The van der Waals surface area contributed by atoms with Crippen molar-refractivity contribution in [3.05, 3.63) is 70.9 Å². The summed E-state index contributed by atoms with van der Waals surface area (Å²) in [6.45, 7) is 6.17. The number of nitrogens with one attached hydrogen (secondary N) is 2. The van der Waals surface area contributed by atoms with Crippen molar-refractivity contribution in [1.82, 2.24) is 20.1 Å². The quantitative estimate of drug-likeness (QED) is 0.669. The molecular weight excluding hydrogens is 398 g/mol. The van der Waals surface area contributed by atoms with E-state index in [4.69, 9.17) is 5.26 Å². The molecule has 2 aliphatic rings. The molecule has 0 atom stereocenters. The molecule has 2 N–H and O–H groups in total. The Morgan fingerprint density at radius 3 is 2.47 bits per heavy atom. The van der Waals surface area contributed by atoms with Gasteiger partial charge in [-0.1, -0.05) is 18.2 Å². The second-order valence-corrected chi connectivity index (χ2v) is 8.93. The van der Waals surface area contributed by atoms with E-state index in [9.17, 15) is 4.79 Å². The van der Waals surface area contributed by atoms with Crippen LogP contribution < -0.4 is 5.32 Å². The second-order valence-electron chi connectivity index (χ2n) is 8.93. The van der Waals surface area contributed by atoms with Crippen molar-refractivity contribution in [3.8, 4) is 6.07 Å². The molecule has 1 amide bonds. The molecule has 0 bridgehead atoms. The van der Waals surface area contributed by atoms with Gasteiger partial charge in [0.15, 0.2) is 0 Å². The number of nitriles is 1. The summed E-state index contributed by atoms with van der Waals surface area (Å²) in [6, 6.07) is 18.5.